The van der Waals surface area contributed by atoms with Gasteiger partial charge in [0.05, 0.1) is 30.7 Å². The molecule has 0 unspecified atom stereocenters. The standard InChI is InChI=1S/C25H32N2O7/c1-14-11-17-20(18(12-14)32-2)21(27-10-4-3-9-26(17)27)15-5-7-16(8-6-15)33-25-24(31)23(30)22(29)19(13-28)34-25/h5-8,11-12,16,19,22-25,28-31H,3-4,9-10,13H2,1-2H3/p+1/t16?,19-,22-,23+,24-,25-/m1/s1. The Balaban J connectivity index is 1.42. The second kappa shape index (κ2) is 9.33. The molecule has 0 saturated carbocycles. The molecular weight excluding hydrogens is 440 g/mol. The number of fused-ring (bicyclic) bond motifs is 3. The molecular formula is C25H33N2O7+. The fourth-order valence-corrected chi connectivity index (χ4v) is 5.16. The Morgan fingerprint density at radius 1 is 1.03 bits per heavy atom. The maximum atomic E-state index is 10.3. The summed E-state index contributed by atoms with van der Waals surface area (Å²) in [5.41, 5.74) is 5.54. The highest BCUT2D eigenvalue weighted by Gasteiger charge is 2.47. The van der Waals surface area contributed by atoms with Crippen molar-refractivity contribution in [2.45, 2.75) is 56.6 Å². The molecule has 5 N–H and O–H groups in total. The summed E-state index contributed by atoms with van der Waals surface area (Å²) in [6, 6.07) is 4.27. The number of benzene rings is 1. The predicted octanol–water partition coefficient (Wildman–Crippen LogP) is 0.368. The van der Waals surface area contributed by atoms with Crippen molar-refractivity contribution in [1.82, 2.24) is 5.01 Å². The molecule has 1 aromatic rings. The smallest absolute Gasteiger partial charge is 0.295 e. The van der Waals surface area contributed by atoms with Gasteiger partial charge in [-0.1, -0.05) is 0 Å². The van der Waals surface area contributed by atoms with Gasteiger partial charge in [0.1, 0.15) is 24.1 Å². The van der Waals surface area contributed by atoms with Gasteiger partial charge < -0.3 is 34.6 Å². The lowest BCUT2D eigenvalue weighted by Crippen LogP contribution is -2.60. The summed E-state index contributed by atoms with van der Waals surface area (Å²) >= 11 is 0. The van der Waals surface area contributed by atoms with Gasteiger partial charge in [0.25, 0.3) is 6.29 Å². The van der Waals surface area contributed by atoms with E-state index in [1.807, 2.05) is 24.3 Å². The second-order valence-corrected chi connectivity index (χ2v) is 9.20. The Labute approximate surface area is 198 Å². The third-order valence-electron chi connectivity index (χ3n) is 6.91. The third kappa shape index (κ3) is 3.92. The van der Waals surface area contributed by atoms with E-state index in [0.717, 1.165) is 59.8 Å². The summed E-state index contributed by atoms with van der Waals surface area (Å²) in [6.07, 6.45) is 3.47. The van der Waals surface area contributed by atoms with Crippen molar-refractivity contribution >= 4 is 11.4 Å². The van der Waals surface area contributed by atoms with Crippen LogP contribution in [0.2, 0.25) is 0 Å². The van der Waals surface area contributed by atoms with E-state index in [4.69, 9.17) is 9.47 Å². The molecule has 34 heavy (non-hydrogen) atoms. The number of rotatable bonds is 4. The van der Waals surface area contributed by atoms with Crippen LogP contribution in [-0.4, -0.2) is 93.8 Å². The average molecular weight is 474 g/mol. The van der Waals surface area contributed by atoms with Crippen molar-refractivity contribution in [1.29, 1.82) is 0 Å². The summed E-state index contributed by atoms with van der Waals surface area (Å²) in [6.45, 7) is 3.49. The molecule has 0 amide bonds. The highest BCUT2D eigenvalue weighted by atomic mass is 16.7. The van der Waals surface area contributed by atoms with Gasteiger partial charge in [0.2, 0.25) is 0 Å². The minimum Gasteiger partial charge on any atom is -0.496 e. The molecule has 0 radical (unpaired) electrons. The van der Waals surface area contributed by atoms with Crippen molar-refractivity contribution in [2.24, 2.45) is 0 Å². The van der Waals surface area contributed by atoms with Gasteiger partial charge in [-0.25, -0.2) is 0 Å². The van der Waals surface area contributed by atoms with Crippen LogP contribution >= 0.6 is 0 Å². The fourth-order valence-electron chi connectivity index (χ4n) is 5.16. The van der Waals surface area contributed by atoms with Crippen molar-refractivity contribution in [2.75, 3.05) is 31.8 Å². The van der Waals surface area contributed by atoms with Gasteiger partial charge in [-0.3, -0.25) is 10.0 Å². The van der Waals surface area contributed by atoms with Gasteiger partial charge in [-0.05, 0) is 61.8 Å². The third-order valence-corrected chi connectivity index (χ3v) is 6.91. The maximum absolute atomic E-state index is 10.3. The number of methoxy groups -OCH3 is 1. The molecule has 9 nitrogen and oxygen atoms in total. The van der Waals surface area contributed by atoms with Gasteiger partial charge in [0, 0.05) is 18.7 Å². The molecule has 0 aromatic heterocycles. The van der Waals surface area contributed by atoms with Crippen molar-refractivity contribution < 1.29 is 34.6 Å². The first-order valence-electron chi connectivity index (χ1n) is 11.8. The van der Waals surface area contributed by atoms with E-state index >= 15 is 0 Å². The predicted molar refractivity (Wildman–Crippen MR) is 126 cm³/mol. The van der Waals surface area contributed by atoms with Gasteiger partial charge in [-0.2, -0.15) is 0 Å². The first-order chi connectivity index (χ1) is 16.4. The number of hydrogen-bond acceptors (Lipinski definition) is 8. The number of ether oxygens (including phenoxy) is 3. The zero-order chi connectivity index (χ0) is 24.0. The molecule has 1 aromatic carbocycles. The first-order valence-corrected chi connectivity index (χ1v) is 11.8. The van der Waals surface area contributed by atoms with Gasteiger partial charge >= 0.3 is 0 Å². The molecule has 2 fully saturated rings. The maximum Gasteiger partial charge on any atom is 0.295 e. The Bertz CT molecular complexity index is 1000. The Morgan fingerprint density at radius 2 is 1.74 bits per heavy atom. The SMILES string of the molecule is COc1cc(C)cc2c1C(=C1C=CC([OH+][C@@H]3O[C@H](CO)[C@@H](O)[C@H](O)[C@H]3O)C=C1)N1CCCCN21. The molecule has 1 aliphatic carbocycles. The average Bonchev–Trinajstić information content (AvgIpc) is 3.18. The lowest BCUT2D eigenvalue weighted by atomic mass is 9.98. The van der Waals surface area contributed by atoms with Crippen LogP contribution in [0.25, 0.3) is 5.70 Å². The van der Waals surface area contributed by atoms with E-state index in [-0.39, 0.29) is 6.10 Å². The minimum atomic E-state index is -1.44. The normalized spacial score (nSPS) is 32.8. The molecule has 3 heterocycles. The van der Waals surface area contributed by atoms with E-state index in [1.54, 1.807) is 7.11 Å². The molecule has 0 spiro atoms. The van der Waals surface area contributed by atoms with Crippen LogP contribution in [0.3, 0.4) is 0 Å². The van der Waals surface area contributed by atoms with Crippen LogP contribution in [0.15, 0.2) is 42.0 Å². The summed E-state index contributed by atoms with van der Waals surface area (Å²) in [7, 11) is 1.70. The lowest BCUT2D eigenvalue weighted by molar-refractivity contribution is -0.354. The zero-order valence-electron chi connectivity index (χ0n) is 19.4. The first kappa shape index (κ1) is 23.3. The van der Waals surface area contributed by atoms with Crippen molar-refractivity contribution in [3.8, 4) is 5.75 Å². The summed E-state index contributed by atoms with van der Waals surface area (Å²) in [4.78, 5) is 0. The zero-order valence-corrected chi connectivity index (χ0v) is 19.4. The number of allylic oxidation sites excluding steroid dienone is 3. The molecule has 9 heteroatoms. The Hall–Kier alpha value is -2.40. The van der Waals surface area contributed by atoms with Crippen molar-refractivity contribution in [3.05, 3.63) is 53.1 Å². The quantitative estimate of drug-likeness (QED) is 0.463. The number of anilines is 1. The topological polar surface area (TPSA) is 119 Å². The fraction of sp³-hybridized carbons (Fsp3) is 0.520. The monoisotopic (exact) mass is 473 g/mol. The Morgan fingerprint density at radius 3 is 2.41 bits per heavy atom. The van der Waals surface area contributed by atoms with Crippen LogP contribution in [0.1, 0.15) is 24.0 Å². The van der Waals surface area contributed by atoms with Crippen LogP contribution < -0.4 is 9.75 Å². The largest absolute Gasteiger partial charge is 0.496 e. The second-order valence-electron chi connectivity index (χ2n) is 9.20. The molecule has 184 valence electrons. The number of hydrazine groups is 1. The summed E-state index contributed by atoms with van der Waals surface area (Å²) in [5.74, 6) is 0.849. The van der Waals surface area contributed by atoms with Crippen molar-refractivity contribution in [3.63, 3.8) is 0 Å². The molecule has 2 saturated heterocycles. The minimum absolute atomic E-state index is 0.385. The van der Waals surface area contributed by atoms with E-state index in [0.29, 0.717) is 0 Å². The summed E-state index contributed by atoms with van der Waals surface area (Å²) in [5, 5.41) is 44.4. The van der Waals surface area contributed by atoms with Crippen LogP contribution in [0, 0.1) is 6.92 Å². The van der Waals surface area contributed by atoms with E-state index in [2.05, 4.69) is 33.8 Å². The van der Waals surface area contributed by atoms with Crippen LogP contribution in [-0.2, 0) is 4.74 Å². The highest BCUT2D eigenvalue weighted by Crippen LogP contribution is 2.48. The number of hydrogen-bond donors (Lipinski definition) is 4. The van der Waals surface area contributed by atoms with E-state index < -0.39 is 37.3 Å². The molecule has 0 bridgehead atoms. The highest BCUT2D eigenvalue weighted by molar-refractivity contribution is 5.90. The number of aliphatic hydroxyl groups excluding tert-OH is 4. The van der Waals surface area contributed by atoms with Gasteiger partial charge in [-0.15, -0.1) is 0 Å². The van der Waals surface area contributed by atoms with Crippen LogP contribution in [0.4, 0.5) is 5.69 Å². The number of aryl methyl sites for hydroxylation is 1. The molecule has 3 aliphatic heterocycles. The molecule has 5 atom stereocenters. The van der Waals surface area contributed by atoms with Crippen LogP contribution in [0.5, 0.6) is 5.75 Å². The van der Waals surface area contributed by atoms with E-state index in [9.17, 15) is 20.4 Å². The Kier molecular flexibility index (Phi) is 6.41. The molecule has 5 rings (SSSR count). The number of aliphatic hydroxyl groups is 6. The lowest BCUT2D eigenvalue weighted by Gasteiger charge is -2.38. The molecule has 4 aliphatic rings. The summed E-state index contributed by atoms with van der Waals surface area (Å²) < 4.78 is 15.8. The van der Waals surface area contributed by atoms with E-state index in [1.165, 1.54) is 0 Å². The van der Waals surface area contributed by atoms with Gasteiger partial charge in [0.15, 0.2) is 12.2 Å². The number of nitrogens with zero attached hydrogens (tertiary/aromatic N) is 2.